The molecule has 2 nitrogen and oxygen atoms in total. The number of rotatable bonds is 1. The first-order chi connectivity index (χ1) is 5.58. The van der Waals surface area contributed by atoms with Crippen molar-refractivity contribution in [1.29, 1.82) is 5.26 Å². The van der Waals surface area contributed by atoms with Crippen LogP contribution in [0.25, 0.3) is 0 Å². The quantitative estimate of drug-likeness (QED) is 0.673. The largest absolute Gasteiger partial charge is 0.301 e. The first-order valence-electron chi connectivity index (χ1n) is 4.26. The van der Waals surface area contributed by atoms with E-state index >= 15 is 0 Å². The second-order valence-electron chi connectivity index (χ2n) is 3.95. The van der Waals surface area contributed by atoms with E-state index in [0.717, 1.165) is 12.2 Å². The third-order valence-electron chi connectivity index (χ3n) is 2.96. The first-order valence-corrected chi connectivity index (χ1v) is 5.41. The number of hydrogen-bond acceptors (Lipinski definition) is 3. The minimum Gasteiger partial charge on any atom is -0.301 e. The average Bonchev–Trinajstić information content (AvgIpc) is 2.05. The third-order valence-corrected chi connectivity index (χ3v) is 4.09. The lowest BCUT2D eigenvalue weighted by Gasteiger charge is -2.44. The van der Waals surface area contributed by atoms with Gasteiger partial charge >= 0.3 is 0 Å². The summed E-state index contributed by atoms with van der Waals surface area (Å²) in [5.74, 6) is 2.09. The zero-order valence-corrected chi connectivity index (χ0v) is 8.79. The number of nitrogens with one attached hydrogen (secondary N) is 1. The minimum absolute atomic E-state index is 0.0990. The molecule has 68 valence electrons. The van der Waals surface area contributed by atoms with Crippen LogP contribution >= 0.6 is 11.8 Å². The van der Waals surface area contributed by atoms with Crippen LogP contribution < -0.4 is 5.32 Å². The van der Waals surface area contributed by atoms with E-state index in [-0.39, 0.29) is 11.0 Å². The lowest BCUT2D eigenvalue weighted by atomic mass is 9.72. The summed E-state index contributed by atoms with van der Waals surface area (Å²) in [4.78, 5) is 0. The van der Waals surface area contributed by atoms with Crippen molar-refractivity contribution in [3.63, 3.8) is 0 Å². The highest BCUT2D eigenvalue weighted by Crippen LogP contribution is 2.41. The predicted octanol–water partition coefficient (Wildman–Crippen LogP) is 1.63. The van der Waals surface area contributed by atoms with Gasteiger partial charge in [-0.1, -0.05) is 13.8 Å². The summed E-state index contributed by atoms with van der Waals surface area (Å²) in [5.41, 5.74) is -0.225. The standard InChI is InChI=1S/C9H16N2S/c1-8(2)4-5-12-7-9(8,6-10)11-3/h11H,4-5,7H2,1-3H3. The molecule has 0 aromatic heterocycles. The Morgan fingerprint density at radius 1 is 1.50 bits per heavy atom. The molecule has 1 N–H and O–H groups in total. The Morgan fingerprint density at radius 3 is 2.50 bits per heavy atom. The Bertz CT molecular complexity index is 207. The van der Waals surface area contributed by atoms with E-state index in [9.17, 15) is 0 Å². The molecule has 1 saturated heterocycles. The molecule has 1 atom stereocenters. The smallest absolute Gasteiger partial charge is 0.120 e. The molecule has 0 aromatic rings. The Labute approximate surface area is 78.7 Å². The van der Waals surface area contributed by atoms with Gasteiger partial charge < -0.3 is 5.32 Å². The van der Waals surface area contributed by atoms with Crippen LogP contribution in [0.1, 0.15) is 20.3 Å². The van der Waals surface area contributed by atoms with E-state index in [1.165, 1.54) is 5.75 Å². The average molecular weight is 184 g/mol. The van der Waals surface area contributed by atoms with Crippen LogP contribution in [0.2, 0.25) is 0 Å². The molecule has 1 fully saturated rings. The fraction of sp³-hybridized carbons (Fsp3) is 0.889. The van der Waals surface area contributed by atoms with Crippen molar-refractivity contribution in [2.45, 2.75) is 25.8 Å². The lowest BCUT2D eigenvalue weighted by molar-refractivity contribution is 0.194. The van der Waals surface area contributed by atoms with Gasteiger partial charge in [0.1, 0.15) is 5.54 Å². The lowest BCUT2D eigenvalue weighted by Crippen LogP contribution is -2.57. The summed E-state index contributed by atoms with van der Waals surface area (Å²) in [6, 6.07) is 2.43. The van der Waals surface area contributed by atoms with Crippen LogP contribution in [-0.4, -0.2) is 24.1 Å². The number of thioether (sulfide) groups is 1. The highest BCUT2D eigenvalue weighted by Gasteiger charge is 2.46. The molecule has 1 heterocycles. The Hall–Kier alpha value is -0.200. The summed E-state index contributed by atoms with van der Waals surface area (Å²) in [7, 11) is 1.89. The second kappa shape index (κ2) is 3.27. The SMILES string of the molecule is CNC1(C#N)CSCCC1(C)C. The molecule has 0 aliphatic carbocycles. The van der Waals surface area contributed by atoms with Crippen LogP contribution in [-0.2, 0) is 0 Å². The molecule has 1 rings (SSSR count). The predicted molar refractivity (Wildman–Crippen MR) is 53.1 cm³/mol. The minimum atomic E-state index is -0.323. The van der Waals surface area contributed by atoms with Crippen molar-refractivity contribution in [3.05, 3.63) is 0 Å². The van der Waals surface area contributed by atoms with E-state index in [1.807, 2.05) is 18.8 Å². The maximum absolute atomic E-state index is 9.15. The summed E-state index contributed by atoms with van der Waals surface area (Å²) in [6.07, 6.45) is 1.12. The first kappa shape index (κ1) is 9.88. The fourth-order valence-electron chi connectivity index (χ4n) is 1.61. The van der Waals surface area contributed by atoms with Gasteiger partial charge in [0.05, 0.1) is 6.07 Å². The topological polar surface area (TPSA) is 35.8 Å². The number of nitrogens with zero attached hydrogens (tertiary/aromatic N) is 1. The maximum Gasteiger partial charge on any atom is 0.120 e. The van der Waals surface area contributed by atoms with Crippen molar-refractivity contribution in [2.75, 3.05) is 18.6 Å². The van der Waals surface area contributed by atoms with Gasteiger partial charge in [0, 0.05) is 5.75 Å². The zero-order chi connectivity index (χ0) is 9.24. The Balaban J connectivity index is 2.91. The van der Waals surface area contributed by atoms with E-state index in [2.05, 4.69) is 25.2 Å². The van der Waals surface area contributed by atoms with Crippen molar-refractivity contribution >= 4 is 11.8 Å². The molecule has 1 aliphatic heterocycles. The van der Waals surface area contributed by atoms with Crippen LogP contribution in [0, 0.1) is 16.7 Å². The molecule has 0 aromatic carbocycles. The fourth-order valence-corrected chi connectivity index (χ4v) is 3.32. The van der Waals surface area contributed by atoms with Crippen molar-refractivity contribution in [3.8, 4) is 6.07 Å². The highest BCUT2D eigenvalue weighted by atomic mass is 32.2. The zero-order valence-electron chi connectivity index (χ0n) is 7.98. The normalized spacial score (nSPS) is 34.2. The van der Waals surface area contributed by atoms with Gasteiger partial charge in [-0.25, -0.2) is 0 Å². The molecule has 1 aliphatic rings. The molecular weight excluding hydrogens is 168 g/mol. The van der Waals surface area contributed by atoms with Gasteiger partial charge in [-0.2, -0.15) is 17.0 Å². The Morgan fingerprint density at radius 2 is 2.17 bits per heavy atom. The van der Waals surface area contributed by atoms with Gasteiger partial charge in [-0.15, -0.1) is 0 Å². The summed E-state index contributed by atoms with van der Waals surface area (Å²) < 4.78 is 0. The molecule has 0 saturated carbocycles. The Kier molecular flexibility index (Phi) is 2.70. The molecule has 0 amide bonds. The number of hydrogen-bond donors (Lipinski definition) is 1. The van der Waals surface area contributed by atoms with Gasteiger partial charge in [0.2, 0.25) is 0 Å². The summed E-state index contributed by atoms with van der Waals surface area (Å²) in [5, 5.41) is 12.3. The molecule has 1 unspecified atom stereocenters. The molecule has 3 heteroatoms. The van der Waals surface area contributed by atoms with Gasteiger partial charge in [0.15, 0.2) is 0 Å². The van der Waals surface area contributed by atoms with Crippen molar-refractivity contribution in [1.82, 2.24) is 5.32 Å². The van der Waals surface area contributed by atoms with E-state index < -0.39 is 0 Å². The summed E-state index contributed by atoms with van der Waals surface area (Å²) >= 11 is 1.87. The van der Waals surface area contributed by atoms with Gasteiger partial charge in [-0.05, 0) is 24.6 Å². The van der Waals surface area contributed by atoms with E-state index in [0.29, 0.717) is 0 Å². The maximum atomic E-state index is 9.15. The van der Waals surface area contributed by atoms with E-state index in [4.69, 9.17) is 5.26 Å². The molecular formula is C9H16N2S. The van der Waals surface area contributed by atoms with Gasteiger partial charge in [-0.3, -0.25) is 0 Å². The second-order valence-corrected chi connectivity index (χ2v) is 5.06. The third kappa shape index (κ3) is 1.34. The van der Waals surface area contributed by atoms with Crippen LogP contribution in [0.4, 0.5) is 0 Å². The van der Waals surface area contributed by atoms with Crippen LogP contribution in [0.15, 0.2) is 0 Å². The van der Waals surface area contributed by atoms with Crippen molar-refractivity contribution in [2.24, 2.45) is 5.41 Å². The summed E-state index contributed by atoms with van der Waals surface area (Å²) in [6.45, 7) is 4.35. The molecule has 0 radical (unpaired) electrons. The van der Waals surface area contributed by atoms with Crippen molar-refractivity contribution < 1.29 is 0 Å². The molecule has 0 spiro atoms. The molecule has 0 bridgehead atoms. The highest BCUT2D eigenvalue weighted by molar-refractivity contribution is 7.99. The molecule has 12 heavy (non-hydrogen) atoms. The van der Waals surface area contributed by atoms with Crippen LogP contribution in [0.5, 0.6) is 0 Å². The number of nitriles is 1. The monoisotopic (exact) mass is 184 g/mol. The van der Waals surface area contributed by atoms with Gasteiger partial charge in [0.25, 0.3) is 0 Å². The van der Waals surface area contributed by atoms with E-state index in [1.54, 1.807) is 0 Å². The van der Waals surface area contributed by atoms with Crippen LogP contribution in [0.3, 0.4) is 0 Å².